The van der Waals surface area contributed by atoms with Crippen LogP contribution in [0, 0.1) is 6.92 Å². The van der Waals surface area contributed by atoms with Gasteiger partial charge in [0.05, 0.1) is 0 Å². The van der Waals surface area contributed by atoms with Gasteiger partial charge >= 0.3 is 15.6 Å². The summed E-state index contributed by atoms with van der Waals surface area (Å²) in [4.78, 5) is 1.02. The van der Waals surface area contributed by atoms with Crippen LogP contribution in [0.2, 0.25) is 0 Å². The Kier molecular flexibility index (Phi) is 9.24. The van der Waals surface area contributed by atoms with E-state index in [1.807, 2.05) is 36.4 Å². The monoisotopic (exact) mass is 428 g/mol. The van der Waals surface area contributed by atoms with Gasteiger partial charge in [0, 0.05) is 4.90 Å². The molecule has 3 aromatic carbocycles. The third-order valence-corrected chi connectivity index (χ3v) is 4.09. The number of alkyl halides is 3. The zero-order valence-corrected chi connectivity index (χ0v) is 16.5. The second-order valence-electron chi connectivity index (χ2n) is 5.49. The molecule has 0 radical (unpaired) electrons. The quantitative estimate of drug-likeness (QED) is 0.283. The Morgan fingerprint density at radius 2 is 1.07 bits per heavy atom. The molecular formula is C20H19F3O3S2. The number of halogens is 3. The Bertz CT molecular complexity index is 867. The van der Waals surface area contributed by atoms with E-state index >= 15 is 0 Å². The van der Waals surface area contributed by atoms with Crippen LogP contribution in [0.4, 0.5) is 13.2 Å². The van der Waals surface area contributed by atoms with Crippen molar-refractivity contribution in [1.82, 2.24) is 0 Å². The number of hydrogen-bond donors (Lipinski definition) is 2. The van der Waals surface area contributed by atoms with E-state index in [4.69, 9.17) is 13.0 Å². The molecule has 0 saturated heterocycles. The van der Waals surface area contributed by atoms with E-state index in [-0.39, 0.29) is 0 Å². The highest BCUT2D eigenvalue weighted by atomic mass is 32.2. The first-order valence-corrected chi connectivity index (χ1v) is 9.79. The number of benzene rings is 3. The lowest BCUT2D eigenvalue weighted by Crippen LogP contribution is -2.21. The van der Waals surface area contributed by atoms with Gasteiger partial charge in [-0.2, -0.15) is 21.6 Å². The molecule has 0 aliphatic carbocycles. The number of thiol groups is 1. The Balaban J connectivity index is 0.000000219. The molecule has 28 heavy (non-hydrogen) atoms. The maximum Gasteiger partial charge on any atom is 0.522 e. The molecule has 0 aromatic heterocycles. The molecule has 0 heterocycles. The molecule has 3 nitrogen and oxygen atoms in total. The second-order valence-corrected chi connectivity index (χ2v) is 7.42. The normalized spacial score (nSPS) is 10.8. The molecule has 0 saturated carbocycles. The lowest BCUT2D eigenvalue weighted by atomic mass is 10.1. The Morgan fingerprint density at radius 3 is 1.32 bits per heavy atom. The van der Waals surface area contributed by atoms with E-state index in [1.165, 1.54) is 16.7 Å². The molecule has 0 bridgehead atoms. The van der Waals surface area contributed by atoms with Crippen LogP contribution in [-0.4, -0.2) is 18.5 Å². The predicted molar refractivity (Wildman–Crippen MR) is 108 cm³/mol. The summed E-state index contributed by atoms with van der Waals surface area (Å²) in [5, 5.41) is 0. The van der Waals surface area contributed by atoms with Crippen LogP contribution in [0.3, 0.4) is 0 Å². The zero-order chi connectivity index (χ0) is 21.2. The summed E-state index contributed by atoms with van der Waals surface area (Å²) in [6.45, 7) is 2.06. The number of rotatable bonds is 1. The highest BCUT2D eigenvalue weighted by molar-refractivity contribution is 7.86. The minimum atomic E-state index is -5.84. The highest BCUT2D eigenvalue weighted by Crippen LogP contribution is 2.20. The van der Waals surface area contributed by atoms with Crippen LogP contribution >= 0.6 is 12.6 Å². The standard InChI is InChI=1S/C12H10.C7H8S.CHF3O3S/c1-3-7-11(8-4-1)12-9-5-2-6-10-12;1-6-2-4-7(8)5-3-6;2-1(3,4)8(5,6)7/h1-10H;2-5,8H,1H3;(H,5,6,7). The smallest absolute Gasteiger partial charge is 0.279 e. The van der Waals surface area contributed by atoms with Crippen molar-refractivity contribution in [3.05, 3.63) is 90.5 Å². The van der Waals surface area contributed by atoms with Gasteiger partial charge in [0.25, 0.3) is 0 Å². The summed E-state index contributed by atoms with van der Waals surface area (Å²) in [6, 6.07) is 28.8. The van der Waals surface area contributed by atoms with E-state index in [0.717, 1.165) is 4.90 Å². The highest BCUT2D eigenvalue weighted by Gasteiger charge is 2.44. The minimum absolute atomic E-state index is 1.02. The van der Waals surface area contributed by atoms with Crippen LogP contribution in [0.5, 0.6) is 0 Å². The number of hydrogen-bond acceptors (Lipinski definition) is 3. The molecule has 1 N–H and O–H groups in total. The van der Waals surface area contributed by atoms with E-state index < -0.39 is 15.6 Å². The van der Waals surface area contributed by atoms with Gasteiger partial charge in [0.1, 0.15) is 0 Å². The Labute approximate surface area is 168 Å². The fourth-order valence-corrected chi connectivity index (χ4v) is 1.96. The molecule has 0 amide bonds. The average molecular weight is 428 g/mol. The maximum absolute atomic E-state index is 10.7. The topological polar surface area (TPSA) is 54.4 Å². The van der Waals surface area contributed by atoms with Gasteiger partial charge in [0.15, 0.2) is 0 Å². The fraction of sp³-hybridized carbons (Fsp3) is 0.100. The first-order chi connectivity index (χ1) is 13.0. The Hall–Kier alpha value is -2.29. The van der Waals surface area contributed by atoms with Crippen molar-refractivity contribution in [1.29, 1.82) is 0 Å². The molecular weight excluding hydrogens is 409 g/mol. The lowest BCUT2D eigenvalue weighted by Gasteiger charge is -1.98. The number of aryl methyl sites for hydroxylation is 1. The maximum atomic E-state index is 10.7. The fourth-order valence-electron chi connectivity index (χ4n) is 1.81. The van der Waals surface area contributed by atoms with E-state index in [2.05, 4.69) is 68.1 Å². The molecule has 8 heteroatoms. The minimum Gasteiger partial charge on any atom is -0.279 e. The lowest BCUT2D eigenvalue weighted by molar-refractivity contribution is -0.0510. The van der Waals surface area contributed by atoms with Crippen molar-refractivity contribution in [3.63, 3.8) is 0 Å². The molecule has 150 valence electrons. The average Bonchev–Trinajstić information content (AvgIpc) is 2.65. The molecule has 0 spiro atoms. The molecule has 0 unspecified atom stereocenters. The van der Waals surface area contributed by atoms with Gasteiger partial charge < -0.3 is 0 Å². The third kappa shape index (κ3) is 9.07. The molecule has 0 aliphatic rings. The van der Waals surface area contributed by atoms with Gasteiger partial charge in [-0.05, 0) is 30.2 Å². The zero-order valence-electron chi connectivity index (χ0n) is 14.8. The van der Waals surface area contributed by atoms with Gasteiger partial charge in [-0.25, -0.2) is 0 Å². The van der Waals surface area contributed by atoms with Crippen LogP contribution in [0.15, 0.2) is 89.8 Å². The van der Waals surface area contributed by atoms with Gasteiger partial charge in [-0.1, -0.05) is 78.4 Å². The summed E-state index contributed by atoms with van der Waals surface area (Å²) in [7, 11) is -5.84. The van der Waals surface area contributed by atoms with Crippen molar-refractivity contribution in [3.8, 4) is 11.1 Å². The van der Waals surface area contributed by atoms with Crippen molar-refractivity contribution in [2.75, 3.05) is 0 Å². The third-order valence-electron chi connectivity index (χ3n) is 3.21. The van der Waals surface area contributed by atoms with Gasteiger partial charge in [-0.3, -0.25) is 4.55 Å². The molecule has 3 aromatic rings. The van der Waals surface area contributed by atoms with Crippen LogP contribution < -0.4 is 0 Å². The van der Waals surface area contributed by atoms with E-state index in [9.17, 15) is 13.2 Å². The molecule has 0 aliphatic heterocycles. The van der Waals surface area contributed by atoms with E-state index in [0.29, 0.717) is 0 Å². The summed E-state index contributed by atoms with van der Waals surface area (Å²) in [5.74, 6) is 0. The molecule has 3 rings (SSSR count). The first-order valence-electron chi connectivity index (χ1n) is 7.90. The SMILES string of the molecule is Cc1ccc(S)cc1.O=S(=O)(O)C(F)(F)F.c1ccc(-c2ccccc2)cc1. The van der Waals surface area contributed by atoms with Crippen LogP contribution in [0.1, 0.15) is 5.56 Å². The molecule has 0 atom stereocenters. The second kappa shape index (κ2) is 10.9. The molecule has 0 fully saturated rings. The largest absolute Gasteiger partial charge is 0.522 e. The van der Waals surface area contributed by atoms with Crippen LogP contribution in [0.25, 0.3) is 11.1 Å². The van der Waals surface area contributed by atoms with Crippen molar-refractivity contribution in [2.24, 2.45) is 0 Å². The summed E-state index contributed by atoms with van der Waals surface area (Å²) in [5.41, 5.74) is -1.70. The first kappa shape index (κ1) is 23.7. The van der Waals surface area contributed by atoms with Gasteiger partial charge in [0.2, 0.25) is 0 Å². The summed E-state index contributed by atoms with van der Waals surface area (Å²) >= 11 is 4.13. The summed E-state index contributed by atoms with van der Waals surface area (Å²) < 4.78 is 57.5. The van der Waals surface area contributed by atoms with Crippen molar-refractivity contribution < 1.29 is 26.1 Å². The van der Waals surface area contributed by atoms with E-state index in [1.54, 1.807) is 0 Å². The van der Waals surface area contributed by atoms with Crippen molar-refractivity contribution in [2.45, 2.75) is 17.3 Å². The van der Waals surface area contributed by atoms with Gasteiger partial charge in [-0.15, -0.1) is 12.6 Å². The summed E-state index contributed by atoms with van der Waals surface area (Å²) in [6.07, 6.45) is 0. The Morgan fingerprint density at radius 1 is 0.750 bits per heavy atom. The van der Waals surface area contributed by atoms with Crippen molar-refractivity contribution >= 4 is 22.7 Å². The van der Waals surface area contributed by atoms with Crippen LogP contribution in [-0.2, 0) is 10.1 Å². The predicted octanol–water partition coefficient (Wildman–Crippen LogP) is 6.03.